The lowest BCUT2D eigenvalue weighted by atomic mass is 9.96. The minimum atomic E-state index is -0.182. The van der Waals surface area contributed by atoms with E-state index in [1.165, 1.54) is 12.8 Å². The number of hydrogen-bond donors (Lipinski definition) is 2. The van der Waals surface area contributed by atoms with Crippen molar-refractivity contribution in [3.05, 3.63) is 16.1 Å². The Morgan fingerprint density at radius 3 is 2.89 bits per heavy atom. The van der Waals surface area contributed by atoms with Crippen molar-refractivity contribution < 1.29 is 4.79 Å². The van der Waals surface area contributed by atoms with E-state index in [1.807, 2.05) is 6.92 Å². The van der Waals surface area contributed by atoms with Crippen molar-refractivity contribution in [2.45, 2.75) is 44.6 Å². The lowest BCUT2D eigenvalue weighted by Gasteiger charge is -2.29. The van der Waals surface area contributed by atoms with Crippen molar-refractivity contribution in [1.82, 2.24) is 15.6 Å². The van der Waals surface area contributed by atoms with E-state index in [9.17, 15) is 4.79 Å². The fourth-order valence-electron chi connectivity index (χ4n) is 3.16. The molecule has 1 saturated heterocycles. The van der Waals surface area contributed by atoms with E-state index in [0.717, 1.165) is 43.1 Å². The largest absolute Gasteiger partial charge is 0.344 e. The van der Waals surface area contributed by atoms with Crippen molar-refractivity contribution in [2.24, 2.45) is 5.92 Å². The van der Waals surface area contributed by atoms with Crippen LogP contribution >= 0.6 is 11.3 Å². The number of carbonyl (C=O) groups is 1. The number of amides is 1. The fraction of sp³-hybridized carbons (Fsp3) is 0.714. The summed E-state index contributed by atoms with van der Waals surface area (Å²) in [6.45, 7) is 3.80. The number of aryl methyl sites for hydroxylation is 1. The number of nitrogens with one attached hydrogen (secondary N) is 2. The minimum absolute atomic E-state index is 0.138. The first-order valence-corrected chi connectivity index (χ1v) is 8.03. The summed E-state index contributed by atoms with van der Waals surface area (Å²) < 4.78 is 0. The Balaban J connectivity index is 1.78. The molecule has 1 atom stereocenters. The molecule has 1 aliphatic carbocycles. The van der Waals surface area contributed by atoms with Crippen molar-refractivity contribution in [3.8, 4) is 0 Å². The van der Waals surface area contributed by atoms with E-state index in [4.69, 9.17) is 0 Å². The quantitative estimate of drug-likeness (QED) is 0.889. The van der Waals surface area contributed by atoms with Crippen LogP contribution in [0.25, 0.3) is 0 Å². The third-order valence-electron chi connectivity index (χ3n) is 4.28. The van der Waals surface area contributed by atoms with Crippen LogP contribution in [-0.2, 0) is 10.3 Å². The Hall–Kier alpha value is -0.940. The summed E-state index contributed by atoms with van der Waals surface area (Å²) >= 11 is 1.69. The van der Waals surface area contributed by atoms with Gasteiger partial charge in [-0.25, -0.2) is 4.98 Å². The smallest absolute Gasteiger partial charge is 0.225 e. The van der Waals surface area contributed by atoms with Gasteiger partial charge in [0.15, 0.2) is 0 Å². The van der Waals surface area contributed by atoms with Crippen LogP contribution in [0.3, 0.4) is 0 Å². The monoisotopic (exact) mass is 279 g/mol. The standard InChI is InChI=1S/C14H21N3OS/c1-10-9-19-13(16-10)14(5-2-3-6-14)17-12(18)11-4-7-15-8-11/h9,11,15H,2-8H2,1H3,(H,17,18). The van der Waals surface area contributed by atoms with E-state index in [0.29, 0.717) is 0 Å². The Labute approximate surface area is 118 Å². The summed E-state index contributed by atoms with van der Waals surface area (Å²) in [6.07, 6.45) is 5.39. The van der Waals surface area contributed by atoms with E-state index >= 15 is 0 Å². The van der Waals surface area contributed by atoms with Gasteiger partial charge in [-0.15, -0.1) is 11.3 Å². The van der Waals surface area contributed by atoms with Gasteiger partial charge in [0.2, 0.25) is 5.91 Å². The molecule has 19 heavy (non-hydrogen) atoms. The number of nitrogens with zero attached hydrogens (tertiary/aromatic N) is 1. The highest BCUT2D eigenvalue weighted by Crippen LogP contribution is 2.40. The maximum Gasteiger partial charge on any atom is 0.225 e. The van der Waals surface area contributed by atoms with Gasteiger partial charge in [0.1, 0.15) is 5.01 Å². The summed E-state index contributed by atoms with van der Waals surface area (Å²) in [7, 11) is 0. The Bertz CT molecular complexity index is 459. The summed E-state index contributed by atoms with van der Waals surface area (Å²) in [5.74, 6) is 0.346. The van der Waals surface area contributed by atoms with Crippen molar-refractivity contribution in [2.75, 3.05) is 13.1 Å². The summed E-state index contributed by atoms with van der Waals surface area (Å²) in [6, 6.07) is 0. The normalized spacial score (nSPS) is 25.6. The van der Waals surface area contributed by atoms with Crippen molar-refractivity contribution >= 4 is 17.2 Å². The van der Waals surface area contributed by atoms with E-state index in [-0.39, 0.29) is 17.4 Å². The van der Waals surface area contributed by atoms with Crippen LogP contribution in [-0.4, -0.2) is 24.0 Å². The van der Waals surface area contributed by atoms with Crippen LogP contribution in [0.4, 0.5) is 0 Å². The first kappa shape index (κ1) is 13.1. The molecule has 0 spiro atoms. The molecule has 1 aromatic rings. The first-order valence-electron chi connectivity index (χ1n) is 7.15. The number of rotatable bonds is 3. The Morgan fingerprint density at radius 2 is 2.32 bits per heavy atom. The van der Waals surface area contributed by atoms with Crippen LogP contribution in [0, 0.1) is 12.8 Å². The molecule has 0 bridgehead atoms. The second-order valence-corrected chi connectivity index (χ2v) is 6.62. The number of aromatic nitrogens is 1. The highest BCUT2D eigenvalue weighted by molar-refractivity contribution is 7.09. The molecule has 1 unspecified atom stereocenters. The lowest BCUT2D eigenvalue weighted by molar-refractivity contribution is -0.126. The molecule has 4 nitrogen and oxygen atoms in total. The van der Waals surface area contributed by atoms with Gasteiger partial charge in [-0.3, -0.25) is 4.79 Å². The second kappa shape index (κ2) is 5.21. The zero-order valence-corrected chi connectivity index (χ0v) is 12.2. The molecule has 3 rings (SSSR count). The van der Waals surface area contributed by atoms with Gasteiger partial charge in [0, 0.05) is 17.6 Å². The van der Waals surface area contributed by atoms with Crippen LogP contribution in [0.15, 0.2) is 5.38 Å². The van der Waals surface area contributed by atoms with Gasteiger partial charge in [0.05, 0.1) is 11.5 Å². The van der Waals surface area contributed by atoms with Crippen LogP contribution < -0.4 is 10.6 Å². The predicted octanol–water partition coefficient (Wildman–Crippen LogP) is 1.95. The average Bonchev–Trinajstić information content (AvgIpc) is 3.08. The highest BCUT2D eigenvalue weighted by atomic mass is 32.1. The third-order valence-corrected chi connectivity index (χ3v) is 5.44. The number of hydrogen-bond acceptors (Lipinski definition) is 4. The summed E-state index contributed by atoms with van der Waals surface area (Å²) in [4.78, 5) is 17.0. The molecule has 1 aliphatic heterocycles. The maximum absolute atomic E-state index is 12.4. The SMILES string of the molecule is Cc1csc(C2(NC(=O)C3CCNC3)CCCC2)n1. The fourth-order valence-corrected chi connectivity index (χ4v) is 4.17. The first-order chi connectivity index (χ1) is 9.20. The maximum atomic E-state index is 12.4. The van der Waals surface area contributed by atoms with Gasteiger partial charge in [-0.1, -0.05) is 12.8 Å². The van der Waals surface area contributed by atoms with E-state index < -0.39 is 0 Å². The topological polar surface area (TPSA) is 54.0 Å². The van der Waals surface area contributed by atoms with E-state index in [2.05, 4.69) is 21.0 Å². The van der Waals surface area contributed by atoms with Crippen molar-refractivity contribution in [1.29, 1.82) is 0 Å². The zero-order valence-electron chi connectivity index (χ0n) is 11.4. The molecule has 2 fully saturated rings. The molecule has 0 aromatic carbocycles. The molecule has 1 amide bonds. The number of thiazole rings is 1. The summed E-state index contributed by atoms with van der Waals surface area (Å²) in [5.41, 5.74) is 0.876. The minimum Gasteiger partial charge on any atom is -0.344 e. The van der Waals surface area contributed by atoms with Crippen LogP contribution in [0.5, 0.6) is 0 Å². The average molecular weight is 279 g/mol. The molecular weight excluding hydrogens is 258 g/mol. The molecule has 2 heterocycles. The molecule has 0 radical (unpaired) electrons. The summed E-state index contributed by atoms with van der Waals surface area (Å²) in [5, 5.41) is 9.77. The van der Waals surface area contributed by atoms with Crippen LogP contribution in [0.2, 0.25) is 0 Å². The van der Waals surface area contributed by atoms with Crippen molar-refractivity contribution in [3.63, 3.8) is 0 Å². The zero-order chi connectivity index (χ0) is 13.3. The molecule has 5 heteroatoms. The van der Waals surface area contributed by atoms with Gasteiger partial charge in [-0.05, 0) is 32.7 Å². The third kappa shape index (κ3) is 2.54. The Morgan fingerprint density at radius 1 is 1.53 bits per heavy atom. The molecule has 2 aliphatic rings. The van der Waals surface area contributed by atoms with Crippen LogP contribution in [0.1, 0.15) is 42.8 Å². The van der Waals surface area contributed by atoms with Gasteiger partial charge in [0.25, 0.3) is 0 Å². The highest BCUT2D eigenvalue weighted by Gasteiger charge is 2.41. The molecular formula is C14H21N3OS. The number of carbonyl (C=O) groups excluding carboxylic acids is 1. The Kier molecular flexibility index (Phi) is 3.58. The molecule has 104 valence electrons. The predicted molar refractivity (Wildman–Crippen MR) is 76.1 cm³/mol. The van der Waals surface area contributed by atoms with Gasteiger partial charge >= 0.3 is 0 Å². The van der Waals surface area contributed by atoms with Gasteiger partial charge < -0.3 is 10.6 Å². The van der Waals surface area contributed by atoms with Gasteiger partial charge in [-0.2, -0.15) is 0 Å². The second-order valence-electron chi connectivity index (χ2n) is 5.76. The molecule has 1 aromatic heterocycles. The lowest BCUT2D eigenvalue weighted by Crippen LogP contribution is -2.46. The molecule has 2 N–H and O–H groups in total. The molecule has 1 saturated carbocycles. The van der Waals surface area contributed by atoms with E-state index in [1.54, 1.807) is 11.3 Å².